The predicted molar refractivity (Wildman–Crippen MR) is 60.1 cm³/mol. The lowest BCUT2D eigenvalue weighted by Crippen LogP contribution is -1.72. The first-order chi connectivity index (χ1) is 6.47. The first kappa shape index (κ1) is 11.8. The Morgan fingerprint density at radius 2 is 1.46 bits per heavy atom. The van der Waals surface area contributed by atoms with Crippen molar-refractivity contribution in [2.75, 3.05) is 0 Å². The summed E-state index contributed by atoms with van der Waals surface area (Å²) in [5, 5.41) is 0. The monoisotopic (exact) mass is 177 g/mol. The van der Waals surface area contributed by atoms with Crippen LogP contribution in [-0.4, -0.2) is 4.98 Å². The lowest BCUT2D eigenvalue weighted by molar-refractivity contribution is 1.33. The molecule has 0 aromatic carbocycles. The maximum absolute atomic E-state index is 3.02. The SMILES string of the molecule is CC.CC.c1cc2cc[nH]cc-2c1. The zero-order valence-electron chi connectivity index (χ0n) is 8.96. The molecule has 0 saturated heterocycles. The van der Waals surface area contributed by atoms with Crippen LogP contribution < -0.4 is 0 Å². The second kappa shape index (κ2) is 7.41. The molecule has 1 heterocycles. The van der Waals surface area contributed by atoms with Gasteiger partial charge in [-0.25, -0.2) is 0 Å². The number of rotatable bonds is 0. The third-order valence-corrected chi connectivity index (χ3v) is 1.48. The fourth-order valence-corrected chi connectivity index (χ4v) is 1.01. The average molecular weight is 177 g/mol. The summed E-state index contributed by atoms with van der Waals surface area (Å²) in [6.45, 7) is 8.00. The average Bonchev–Trinajstić information content (AvgIpc) is 2.71. The van der Waals surface area contributed by atoms with Gasteiger partial charge in [0.2, 0.25) is 0 Å². The molecule has 2 aliphatic rings. The zero-order chi connectivity index (χ0) is 10.1. The molecule has 72 valence electrons. The molecule has 1 nitrogen and oxygen atoms in total. The lowest BCUT2D eigenvalue weighted by Gasteiger charge is -1.93. The number of hydrogen-bond donors (Lipinski definition) is 1. The molecule has 0 amide bonds. The summed E-state index contributed by atoms with van der Waals surface area (Å²) in [7, 11) is 0. The fourth-order valence-electron chi connectivity index (χ4n) is 1.01. The highest BCUT2D eigenvalue weighted by Crippen LogP contribution is 2.19. The summed E-state index contributed by atoms with van der Waals surface area (Å²) in [4.78, 5) is 3.02. The van der Waals surface area contributed by atoms with Crippen molar-refractivity contribution in [3.05, 3.63) is 36.7 Å². The molecule has 0 unspecified atom stereocenters. The van der Waals surface area contributed by atoms with Gasteiger partial charge in [-0.2, -0.15) is 0 Å². The molecule has 0 fully saturated rings. The van der Waals surface area contributed by atoms with Gasteiger partial charge in [-0.15, -0.1) is 0 Å². The standard InChI is InChI=1S/C8H7N.2C2H6/c1-2-7-4-5-9-6-8(7)3-1;2*1-2/h1-6,9H;2*1-2H3. The van der Waals surface area contributed by atoms with Crippen molar-refractivity contribution in [1.29, 1.82) is 0 Å². The van der Waals surface area contributed by atoms with E-state index in [4.69, 9.17) is 0 Å². The van der Waals surface area contributed by atoms with Crippen molar-refractivity contribution in [3.8, 4) is 11.1 Å². The summed E-state index contributed by atoms with van der Waals surface area (Å²) in [6.07, 6.45) is 3.93. The van der Waals surface area contributed by atoms with Gasteiger partial charge in [0, 0.05) is 12.4 Å². The molecule has 0 atom stereocenters. The second-order valence-electron chi connectivity index (χ2n) is 2.08. The van der Waals surface area contributed by atoms with Crippen molar-refractivity contribution in [3.63, 3.8) is 0 Å². The van der Waals surface area contributed by atoms with Crippen LogP contribution in [0, 0.1) is 0 Å². The minimum Gasteiger partial charge on any atom is -0.367 e. The Hall–Kier alpha value is -1.24. The van der Waals surface area contributed by atoms with E-state index in [1.165, 1.54) is 11.1 Å². The molecule has 0 bridgehead atoms. The van der Waals surface area contributed by atoms with Crippen LogP contribution in [0.25, 0.3) is 11.1 Å². The van der Waals surface area contributed by atoms with Gasteiger partial charge < -0.3 is 4.98 Å². The van der Waals surface area contributed by atoms with Crippen molar-refractivity contribution < 1.29 is 0 Å². The van der Waals surface area contributed by atoms with Crippen molar-refractivity contribution >= 4 is 0 Å². The lowest BCUT2D eigenvalue weighted by atomic mass is 10.2. The summed E-state index contributed by atoms with van der Waals surface area (Å²) in [5.41, 5.74) is 2.58. The van der Waals surface area contributed by atoms with E-state index in [1.54, 1.807) is 0 Å². The van der Waals surface area contributed by atoms with Crippen LogP contribution in [0.2, 0.25) is 0 Å². The highest BCUT2D eigenvalue weighted by Gasteiger charge is 1.95. The molecule has 0 aromatic heterocycles. The third-order valence-electron chi connectivity index (χ3n) is 1.48. The van der Waals surface area contributed by atoms with E-state index in [1.807, 2.05) is 40.1 Å². The molecule has 2 rings (SSSR count). The first-order valence-corrected chi connectivity index (χ1v) is 4.98. The van der Waals surface area contributed by atoms with Crippen LogP contribution in [0.1, 0.15) is 27.7 Å². The second-order valence-corrected chi connectivity index (χ2v) is 2.08. The highest BCUT2D eigenvalue weighted by atomic mass is 14.6. The maximum atomic E-state index is 3.02. The van der Waals surface area contributed by atoms with Crippen molar-refractivity contribution in [2.45, 2.75) is 27.7 Å². The molecular weight excluding hydrogens is 158 g/mol. The van der Waals surface area contributed by atoms with E-state index in [0.29, 0.717) is 0 Å². The summed E-state index contributed by atoms with van der Waals surface area (Å²) in [6, 6.07) is 8.31. The Kier molecular flexibility index (Phi) is 6.70. The number of pyridine rings is 1. The number of fused-ring (bicyclic) bond motifs is 1. The number of H-pyrrole nitrogens is 1. The van der Waals surface area contributed by atoms with Crippen LogP contribution >= 0.6 is 0 Å². The van der Waals surface area contributed by atoms with Gasteiger partial charge in [0.05, 0.1) is 0 Å². The summed E-state index contributed by atoms with van der Waals surface area (Å²) < 4.78 is 0. The highest BCUT2D eigenvalue weighted by molar-refractivity contribution is 5.64. The molecule has 0 radical (unpaired) electrons. The maximum Gasteiger partial charge on any atom is 0.00836 e. The fraction of sp³-hybridized carbons (Fsp3) is 0.333. The Balaban J connectivity index is 0.000000322. The number of hydrogen-bond acceptors (Lipinski definition) is 0. The number of aromatic nitrogens is 1. The molecular formula is C12H19N. The van der Waals surface area contributed by atoms with Gasteiger partial charge in [-0.3, -0.25) is 0 Å². The topological polar surface area (TPSA) is 15.8 Å². The minimum absolute atomic E-state index is 1.28. The Labute approximate surface area is 81.1 Å². The molecule has 1 aliphatic heterocycles. The van der Waals surface area contributed by atoms with E-state index in [-0.39, 0.29) is 0 Å². The Bertz CT molecular complexity index is 245. The number of nitrogens with one attached hydrogen (secondary N) is 1. The van der Waals surface area contributed by atoms with E-state index in [9.17, 15) is 0 Å². The van der Waals surface area contributed by atoms with Gasteiger partial charge in [-0.05, 0) is 17.2 Å². The predicted octanol–water partition coefficient (Wildman–Crippen LogP) is 4.17. The largest absolute Gasteiger partial charge is 0.367 e. The van der Waals surface area contributed by atoms with E-state index in [0.717, 1.165) is 0 Å². The normalized spacial score (nSPS) is 8.00. The van der Waals surface area contributed by atoms with E-state index in [2.05, 4.69) is 29.2 Å². The Morgan fingerprint density at radius 3 is 2.08 bits per heavy atom. The van der Waals surface area contributed by atoms with Crippen LogP contribution in [0.4, 0.5) is 0 Å². The molecule has 0 aromatic rings. The molecule has 0 spiro atoms. The molecule has 0 saturated carbocycles. The quantitative estimate of drug-likeness (QED) is 0.621. The molecule has 13 heavy (non-hydrogen) atoms. The van der Waals surface area contributed by atoms with Crippen LogP contribution in [-0.2, 0) is 0 Å². The molecule has 1 heteroatoms. The van der Waals surface area contributed by atoms with Gasteiger partial charge in [0.25, 0.3) is 0 Å². The third kappa shape index (κ3) is 3.32. The van der Waals surface area contributed by atoms with Crippen molar-refractivity contribution in [1.82, 2.24) is 4.98 Å². The van der Waals surface area contributed by atoms with Crippen LogP contribution in [0.15, 0.2) is 36.7 Å². The zero-order valence-corrected chi connectivity index (χ0v) is 8.96. The minimum atomic E-state index is 1.28. The van der Waals surface area contributed by atoms with Crippen molar-refractivity contribution in [2.24, 2.45) is 0 Å². The van der Waals surface area contributed by atoms with Gasteiger partial charge in [0.1, 0.15) is 0 Å². The van der Waals surface area contributed by atoms with E-state index < -0.39 is 0 Å². The number of aromatic amines is 1. The van der Waals surface area contributed by atoms with Crippen LogP contribution in [0.5, 0.6) is 0 Å². The smallest absolute Gasteiger partial charge is 0.00836 e. The molecule has 1 aliphatic carbocycles. The van der Waals surface area contributed by atoms with Gasteiger partial charge in [-0.1, -0.05) is 45.9 Å². The van der Waals surface area contributed by atoms with E-state index >= 15 is 0 Å². The Morgan fingerprint density at radius 1 is 0.846 bits per heavy atom. The van der Waals surface area contributed by atoms with Crippen LogP contribution in [0.3, 0.4) is 0 Å². The molecule has 1 N–H and O–H groups in total. The first-order valence-electron chi connectivity index (χ1n) is 4.98. The summed E-state index contributed by atoms with van der Waals surface area (Å²) in [5.74, 6) is 0. The summed E-state index contributed by atoms with van der Waals surface area (Å²) >= 11 is 0. The van der Waals surface area contributed by atoms with Gasteiger partial charge in [0.15, 0.2) is 0 Å². The van der Waals surface area contributed by atoms with Gasteiger partial charge >= 0.3 is 0 Å².